The Hall–Kier alpha value is -2.04. The second-order valence-electron chi connectivity index (χ2n) is 6.39. The largest absolute Gasteiger partial charge is 0.479 e. The number of carbonyl (C=O) groups excluding carboxylic acids is 1. The van der Waals surface area contributed by atoms with E-state index in [0.29, 0.717) is 12.3 Å². The van der Waals surface area contributed by atoms with Gasteiger partial charge in [0.2, 0.25) is 0 Å². The van der Waals surface area contributed by atoms with E-state index in [9.17, 15) is 14.7 Å². The third kappa shape index (κ3) is 2.80. The number of ether oxygens (including phenoxy) is 1. The molecule has 0 saturated heterocycles. The zero-order valence-corrected chi connectivity index (χ0v) is 12.5. The second-order valence-corrected chi connectivity index (χ2v) is 6.39. The Morgan fingerprint density at radius 1 is 1.18 bits per heavy atom. The molecule has 1 atom stereocenters. The fraction of sp³-hybridized carbons (Fsp3) is 0.529. The van der Waals surface area contributed by atoms with Crippen LogP contribution in [0.15, 0.2) is 30.3 Å². The summed E-state index contributed by atoms with van der Waals surface area (Å²) in [5.41, 5.74) is -0.262. The molecule has 0 spiro atoms. The molecule has 0 aliphatic heterocycles. The standard InChI is InChI=1S/C17H21NO4/c19-15(20)17(10-12-6-8-14(17)9-7-12)18-16(21)22-11-13-4-2-1-3-5-13/h1-5,12,14H,6-11H2,(H,18,21)(H,19,20)/t12?,14?,17-/m1/s1. The van der Waals surface area contributed by atoms with E-state index >= 15 is 0 Å². The number of benzene rings is 1. The quantitative estimate of drug-likeness (QED) is 0.896. The first kappa shape index (κ1) is 14.9. The summed E-state index contributed by atoms with van der Waals surface area (Å²) in [6.45, 7) is 0.149. The molecule has 5 nitrogen and oxygen atoms in total. The van der Waals surface area contributed by atoms with E-state index < -0.39 is 17.6 Å². The van der Waals surface area contributed by atoms with Gasteiger partial charge in [0.15, 0.2) is 0 Å². The van der Waals surface area contributed by atoms with Gasteiger partial charge in [0.25, 0.3) is 0 Å². The molecule has 118 valence electrons. The maximum atomic E-state index is 12.1. The van der Waals surface area contributed by atoms with E-state index in [1.165, 1.54) is 0 Å². The first-order chi connectivity index (χ1) is 10.6. The average molecular weight is 303 g/mol. The monoisotopic (exact) mass is 303 g/mol. The van der Waals surface area contributed by atoms with Crippen molar-refractivity contribution in [1.82, 2.24) is 5.32 Å². The minimum Gasteiger partial charge on any atom is -0.479 e. The van der Waals surface area contributed by atoms with Crippen molar-refractivity contribution in [2.45, 2.75) is 44.2 Å². The summed E-state index contributed by atoms with van der Waals surface area (Å²) < 4.78 is 5.20. The first-order valence-electron chi connectivity index (χ1n) is 7.82. The highest BCUT2D eigenvalue weighted by Gasteiger charge is 2.53. The van der Waals surface area contributed by atoms with Gasteiger partial charge in [0.05, 0.1) is 0 Å². The number of carbonyl (C=O) groups is 2. The molecule has 2 bridgehead atoms. The number of alkyl carbamates (subject to hydrolysis) is 1. The topological polar surface area (TPSA) is 75.6 Å². The Kier molecular flexibility index (Phi) is 4.05. The minimum atomic E-state index is -1.14. The fourth-order valence-corrected chi connectivity index (χ4v) is 3.89. The first-order valence-corrected chi connectivity index (χ1v) is 7.82. The van der Waals surface area contributed by atoms with Gasteiger partial charge in [0.1, 0.15) is 12.1 Å². The molecule has 0 heterocycles. The summed E-state index contributed by atoms with van der Waals surface area (Å²) in [4.78, 5) is 23.9. The minimum absolute atomic E-state index is 0.0132. The van der Waals surface area contributed by atoms with Gasteiger partial charge in [0, 0.05) is 0 Å². The summed E-state index contributed by atoms with van der Waals surface area (Å²) in [6.07, 6.45) is 3.76. The van der Waals surface area contributed by atoms with Gasteiger partial charge in [-0.05, 0) is 49.5 Å². The fourth-order valence-electron chi connectivity index (χ4n) is 3.89. The van der Waals surface area contributed by atoms with Crippen molar-refractivity contribution >= 4 is 12.1 Å². The van der Waals surface area contributed by atoms with Crippen molar-refractivity contribution in [3.63, 3.8) is 0 Å². The van der Waals surface area contributed by atoms with Crippen LogP contribution in [0.5, 0.6) is 0 Å². The predicted molar refractivity (Wildman–Crippen MR) is 80.2 cm³/mol. The molecule has 3 aliphatic carbocycles. The number of rotatable bonds is 4. The Bertz CT molecular complexity index is 551. The van der Waals surface area contributed by atoms with Crippen LogP contribution in [0, 0.1) is 11.8 Å². The number of fused-ring (bicyclic) bond motifs is 3. The van der Waals surface area contributed by atoms with Crippen molar-refractivity contribution in [1.29, 1.82) is 0 Å². The van der Waals surface area contributed by atoms with Gasteiger partial charge in [-0.3, -0.25) is 0 Å². The number of carboxylic acids is 1. The molecule has 3 aliphatic rings. The Balaban J connectivity index is 1.64. The van der Waals surface area contributed by atoms with Crippen LogP contribution in [0.3, 0.4) is 0 Å². The number of nitrogens with one attached hydrogen (secondary N) is 1. The van der Waals surface area contributed by atoms with Gasteiger partial charge in [-0.1, -0.05) is 30.3 Å². The molecular formula is C17H21NO4. The van der Waals surface area contributed by atoms with E-state index in [0.717, 1.165) is 31.2 Å². The number of aliphatic carboxylic acids is 1. The maximum Gasteiger partial charge on any atom is 0.408 e. The van der Waals surface area contributed by atoms with Gasteiger partial charge in [-0.2, -0.15) is 0 Å². The van der Waals surface area contributed by atoms with Gasteiger partial charge in [-0.15, -0.1) is 0 Å². The SMILES string of the molecule is O=C(N[C@]1(C(=O)O)CC2CCC1CC2)OCc1ccccc1. The molecule has 0 aromatic heterocycles. The van der Waals surface area contributed by atoms with E-state index in [1.807, 2.05) is 30.3 Å². The van der Waals surface area contributed by atoms with Crippen LogP contribution in [-0.4, -0.2) is 22.7 Å². The van der Waals surface area contributed by atoms with Crippen LogP contribution in [0.1, 0.15) is 37.7 Å². The van der Waals surface area contributed by atoms with Crippen LogP contribution >= 0.6 is 0 Å². The van der Waals surface area contributed by atoms with E-state index in [-0.39, 0.29) is 12.5 Å². The molecule has 0 unspecified atom stereocenters. The van der Waals surface area contributed by atoms with Crippen LogP contribution < -0.4 is 5.32 Å². The van der Waals surface area contributed by atoms with Crippen LogP contribution in [-0.2, 0) is 16.1 Å². The van der Waals surface area contributed by atoms with Gasteiger partial charge < -0.3 is 15.2 Å². The van der Waals surface area contributed by atoms with Crippen molar-refractivity contribution in [2.24, 2.45) is 11.8 Å². The Morgan fingerprint density at radius 3 is 2.41 bits per heavy atom. The lowest BCUT2D eigenvalue weighted by Crippen LogP contribution is -2.63. The summed E-state index contributed by atoms with van der Waals surface area (Å²) >= 11 is 0. The molecule has 3 fully saturated rings. The summed E-state index contributed by atoms with van der Waals surface area (Å²) in [7, 11) is 0. The molecule has 1 amide bonds. The van der Waals surface area contributed by atoms with Crippen molar-refractivity contribution in [3.8, 4) is 0 Å². The summed E-state index contributed by atoms with van der Waals surface area (Å²) in [5.74, 6) is -0.520. The number of hydrogen-bond acceptors (Lipinski definition) is 3. The lowest BCUT2D eigenvalue weighted by atomic mass is 9.60. The van der Waals surface area contributed by atoms with Crippen LogP contribution in [0.2, 0.25) is 0 Å². The lowest BCUT2D eigenvalue weighted by Gasteiger charge is -2.48. The lowest BCUT2D eigenvalue weighted by molar-refractivity contribution is -0.152. The maximum absolute atomic E-state index is 12.1. The third-order valence-corrected chi connectivity index (χ3v) is 5.07. The summed E-state index contributed by atoms with van der Waals surface area (Å²) in [6, 6.07) is 9.36. The number of carboxylic acid groups (broad SMARTS) is 1. The van der Waals surface area contributed by atoms with Crippen molar-refractivity contribution in [3.05, 3.63) is 35.9 Å². The molecular weight excluding hydrogens is 282 g/mol. The van der Waals surface area contributed by atoms with E-state index in [2.05, 4.69) is 5.32 Å². The Labute approximate surface area is 129 Å². The van der Waals surface area contributed by atoms with Gasteiger partial charge >= 0.3 is 12.1 Å². The normalized spacial score (nSPS) is 29.8. The third-order valence-electron chi connectivity index (χ3n) is 5.07. The molecule has 3 saturated carbocycles. The van der Waals surface area contributed by atoms with Crippen LogP contribution in [0.4, 0.5) is 4.79 Å². The molecule has 5 heteroatoms. The highest BCUT2D eigenvalue weighted by atomic mass is 16.5. The van der Waals surface area contributed by atoms with E-state index in [1.54, 1.807) is 0 Å². The molecule has 22 heavy (non-hydrogen) atoms. The second kappa shape index (κ2) is 5.99. The Morgan fingerprint density at radius 2 is 1.86 bits per heavy atom. The summed E-state index contributed by atoms with van der Waals surface area (Å²) in [5, 5.41) is 12.3. The van der Waals surface area contributed by atoms with E-state index in [4.69, 9.17) is 4.74 Å². The highest BCUT2D eigenvalue weighted by molar-refractivity contribution is 5.85. The molecule has 0 radical (unpaired) electrons. The van der Waals surface area contributed by atoms with Crippen LogP contribution in [0.25, 0.3) is 0 Å². The molecule has 1 aromatic rings. The van der Waals surface area contributed by atoms with Crippen molar-refractivity contribution in [2.75, 3.05) is 0 Å². The average Bonchev–Trinajstić information content (AvgIpc) is 2.55. The highest BCUT2D eigenvalue weighted by Crippen LogP contribution is 2.47. The zero-order chi connectivity index (χ0) is 15.6. The molecule has 2 N–H and O–H groups in total. The predicted octanol–water partition coefficient (Wildman–Crippen LogP) is 2.95. The zero-order valence-electron chi connectivity index (χ0n) is 12.5. The number of hydrogen-bond donors (Lipinski definition) is 2. The van der Waals surface area contributed by atoms with Crippen molar-refractivity contribution < 1.29 is 19.4 Å². The molecule has 4 rings (SSSR count). The molecule has 1 aromatic carbocycles. The number of amides is 1. The van der Waals surface area contributed by atoms with Gasteiger partial charge in [-0.25, -0.2) is 9.59 Å². The smallest absolute Gasteiger partial charge is 0.408 e.